The standard InChI is InChI=1S/C20H22N6O2/c27-19(22-13-4-3-5-13)15-7-8-16-18(23-15)26(14-9-11-25(16)12-14)20(28)24-17-6-1-2-10-21-17/h1-2,6-8,10,13-14H,3-5,9,11-12H2,(H,22,27)(H,21,24,28). The van der Waals surface area contributed by atoms with E-state index < -0.39 is 0 Å². The van der Waals surface area contributed by atoms with Crippen molar-refractivity contribution in [1.82, 2.24) is 15.3 Å². The Morgan fingerprint density at radius 3 is 2.75 bits per heavy atom. The van der Waals surface area contributed by atoms with Crippen molar-refractivity contribution < 1.29 is 9.59 Å². The summed E-state index contributed by atoms with van der Waals surface area (Å²) >= 11 is 0. The van der Waals surface area contributed by atoms with E-state index in [1.807, 2.05) is 12.1 Å². The molecule has 144 valence electrons. The van der Waals surface area contributed by atoms with Gasteiger partial charge in [-0.05, 0) is 49.9 Å². The number of fused-ring (bicyclic) bond motifs is 4. The van der Waals surface area contributed by atoms with Crippen LogP contribution in [0, 0.1) is 0 Å². The lowest BCUT2D eigenvalue weighted by Gasteiger charge is -2.35. The Bertz CT molecular complexity index is 914. The largest absolute Gasteiger partial charge is 0.366 e. The normalized spacial score (nSPS) is 20.4. The van der Waals surface area contributed by atoms with E-state index in [1.165, 1.54) is 0 Å². The second-order valence-electron chi connectivity index (χ2n) is 7.54. The van der Waals surface area contributed by atoms with Crippen LogP contribution in [0.25, 0.3) is 0 Å². The van der Waals surface area contributed by atoms with Crippen molar-refractivity contribution in [3.05, 3.63) is 42.2 Å². The van der Waals surface area contributed by atoms with E-state index in [2.05, 4.69) is 25.5 Å². The zero-order valence-corrected chi connectivity index (χ0v) is 15.5. The SMILES string of the molecule is O=C(NC1CCC1)c1ccc2c(n1)N(C(=O)Nc1ccccn1)C1CCN2C1. The number of hydrogen-bond acceptors (Lipinski definition) is 5. The summed E-state index contributed by atoms with van der Waals surface area (Å²) in [5.74, 6) is 0.863. The fraction of sp³-hybridized carbons (Fsp3) is 0.400. The van der Waals surface area contributed by atoms with E-state index in [1.54, 1.807) is 29.3 Å². The summed E-state index contributed by atoms with van der Waals surface area (Å²) in [6.07, 6.45) is 5.70. The van der Waals surface area contributed by atoms with Gasteiger partial charge in [-0.1, -0.05) is 6.07 Å². The molecule has 1 unspecified atom stereocenters. The highest BCUT2D eigenvalue weighted by molar-refractivity contribution is 6.05. The van der Waals surface area contributed by atoms with Crippen molar-refractivity contribution in [2.45, 2.75) is 37.8 Å². The maximum absolute atomic E-state index is 13.0. The first kappa shape index (κ1) is 17.0. The van der Waals surface area contributed by atoms with Gasteiger partial charge in [0.25, 0.3) is 5.91 Å². The molecule has 2 bridgehead atoms. The summed E-state index contributed by atoms with van der Waals surface area (Å²) < 4.78 is 0. The molecule has 1 saturated carbocycles. The van der Waals surface area contributed by atoms with Gasteiger partial charge in [-0.3, -0.25) is 15.0 Å². The number of hydrogen-bond donors (Lipinski definition) is 2. The number of anilines is 3. The van der Waals surface area contributed by atoms with Crippen LogP contribution in [0.5, 0.6) is 0 Å². The fourth-order valence-corrected chi connectivity index (χ4v) is 4.02. The summed E-state index contributed by atoms with van der Waals surface area (Å²) in [5, 5.41) is 5.87. The van der Waals surface area contributed by atoms with E-state index in [9.17, 15) is 9.59 Å². The second kappa shape index (κ2) is 6.78. The molecule has 0 radical (unpaired) electrons. The van der Waals surface area contributed by atoms with E-state index >= 15 is 0 Å². The molecule has 2 fully saturated rings. The zero-order chi connectivity index (χ0) is 19.1. The molecule has 8 nitrogen and oxygen atoms in total. The summed E-state index contributed by atoms with van der Waals surface area (Å²) in [6.45, 7) is 1.65. The Labute approximate surface area is 163 Å². The van der Waals surface area contributed by atoms with Gasteiger partial charge in [-0.15, -0.1) is 0 Å². The zero-order valence-electron chi connectivity index (χ0n) is 15.5. The highest BCUT2D eigenvalue weighted by atomic mass is 16.2. The first-order chi connectivity index (χ1) is 13.7. The number of aromatic nitrogens is 2. The van der Waals surface area contributed by atoms with Crippen LogP contribution in [-0.2, 0) is 0 Å². The molecule has 1 saturated heterocycles. The highest BCUT2D eigenvalue weighted by Gasteiger charge is 2.40. The lowest BCUT2D eigenvalue weighted by atomic mass is 9.93. The molecule has 5 rings (SSSR count). The van der Waals surface area contributed by atoms with Crippen molar-refractivity contribution in [3.8, 4) is 0 Å². The first-order valence-corrected chi connectivity index (χ1v) is 9.77. The van der Waals surface area contributed by atoms with Crippen molar-refractivity contribution in [1.29, 1.82) is 0 Å². The molecule has 0 aromatic carbocycles. The maximum Gasteiger partial charge on any atom is 0.329 e. The number of urea groups is 1. The van der Waals surface area contributed by atoms with E-state index in [0.29, 0.717) is 17.3 Å². The number of nitrogens with zero attached hydrogens (tertiary/aromatic N) is 4. The Morgan fingerprint density at radius 2 is 2.00 bits per heavy atom. The van der Waals surface area contributed by atoms with Crippen molar-refractivity contribution in [2.24, 2.45) is 0 Å². The lowest BCUT2D eigenvalue weighted by molar-refractivity contribution is 0.0912. The Hall–Kier alpha value is -3.16. The molecule has 2 aliphatic heterocycles. The van der Waals surface area contributed by atoms with Gasteiger partial charge < -0.3 is 10.2 Å². The molecule has 2 aromatic rings. The van der Waals surface area contributed by atoms with Crippen LogP contribution >= 0.6 is 0 Å². The highest BCUT2D eigenvalue weighted by Crippen LogP contribution is 2.39. The van der Waals surface area contributed by atoms with E-state index in [4.69, 9.17) is 0 Å². The Morgan fingerprint density at radius 1 is 1.11 bits per heavy atom. The van der Waals surface area contributed by atoms with Gasteiger partial charge in [-0.25, -0.2) is 14.8 Å². The summed E-state index contributed by atoms with van der Waals surface area (Å²) in [6, 6.07) is 9.04. The Kier molecular flexibility index (Phi) is 4.11. The van der Waals surface area contributed by atoms with Crippen molar-refractivity contribution in [2.75, 3.05) is 28.2 Å². The number of carbonyl (C=O) groups is 2. The van der Waals surface area contributed by atoms with E-state index in [0.717, 1.165) is 44.5 Å². The minimum atomic E-state index is -0.268. The third kappa shape index (κ3) is 2.94. The minimum Gasteiger partial charge on any atom is -0.366 e. The maximum atomic E-state index is 13.0. The second-order valence-corrected chi connectivity index (χ2v) is 7.54. The molecule has 0 spiro atoms. The molecule has 28 heavy (non-hydrogen) atoms. The van der Waals surface area contributed by atoms with Gasteiger partial charge in [0, 0.05) is 25.3 Å². The monoisotopic (exact) mass is 378 g/mol. The average Bonchev–Trinajstić information content (AvgIpc) is 3.09. The number of carbonyl (C=O) groups excluding carboxylic acids is 2. The summed E-state index contributed by atoms with van der Waals surface area (Å²) in [5.41, 5.74) is 1.24. The van der Waals surface area contributed by atoms with Gasteiger partial charge in [-0.2, -0.15) is 0 Å². The molecule has 8 heteroatoms. The third-order valence-corrected chi connectivity index (χ3v) is 5.74. The van der Waals surface area contributed by atoms with Gasteiger partial charge in [0.1, 0.15) is 11.5 Å². The summed E-state index contributed by atoms with van der Waals surface area (Å²) in [7, 11) is 0. The Balaban J connectivity index is 1.45. The topological polar surface area (TPSA) is 90.5 Å². The first-order valence-electron chi connectivity index (χ1n) is 9.77. The van der Waals surface area contributed by atoms with Gasteiger partial charge >= 0.3 is 6.03 Å². The predicted octanol–water partition coefficient (Wildman–Crippen LogP) is 2.39. The molecular weight excluding hydrogens is 356 g/mol. The smallest absolute Gasteiger partial charge is 0.329 e. The molecule has 3 amide bonds. The molecular formula is C20H22N6O2. The summed E-state index contributed by atoms with van der Waals surface area (Å²) in [4.78, 5) is 38.3. The molecule has 2 N–H and O–H groups in total. The van der Waals surface area contributed by atoms with Crippen LogP contribution in [0.4, 0.5) is 22.1 Å². The third-order valence-electron chi connectivity index (χ3n) is 5.74. The van der Waals surface area contributed by atoms with Crippen molar-refractivity contribution >= 4 is 29.3 Å². The van der Waals surface area contributed by atoms with Gasteiger partial charge in [0.2, 0.25) is 0 Å². The molecule has 4 heterocycles. The minimum absolute atomic E-state index is 0.0358. The number of pyridine rings is 2. The van der Waals surface area contributed by atoms with Gasteiger partial charge in [0.15, 0.2) is 5.82 Å². The van der Waals surface area contributed by atoms with E-state index in [-0.39, 0.29) is 24.0 Å². The van der Waals surface area contributed by atoms with Crippen LogP contribution in [0.1, 0.15) is 36.2 Å². The number of rotatable bonds is 3. The molecule has 3 aliphatic rings. The van der Waals surface area contributed by atoms with Gasteiger partial charge in [0.05, 0.1) is 11.7 Å². The number of amides is 3. The van der Waals surface area contributed by atoms with Crippen LogP contribution in [0.15, 0.2) is 36.5 Å². The number of nitrogens with one attached hydrogen (secondary N) is 2. The quantitative estimate of drug-likeness (QED) is 0.856. The fourth-order valence-electron chi connectivity index (χ4n) is 4.02. The lowest BCUT2D eigenvalue weighted by Crippen LogP contribution is -2.48. The molecule has 1 aliphatic carbocycles. The van der Waals surface area contributed by atoms with Crippen LogP contribution in [0.2, 0.25) is 0 Å². The van der Waals surface area contributed by atoms with Crippen molar-refractivity contribution in [3.63, 3.8) is 0 Å². The van der Waals surface area contributed by atoms with Crippen LogP contribution in [0.3, 0.4) is 0 Å². The molecule has 1 atom stereocenters. The predicted molar refractivity (Wildman–Crippen MR) is 106 cm³/mol. The van der Waals surface area contributed by atoms with Crippen LogP contribution in [-0.4, -0.2) is 47.1 Å². The average molecular weight is 378 g/mol. The molecule has 2 aromatic heterocycles. The van der Waals surface area contributed by atoms with Crippen LogP contribution < -0.4 is 20.4 Å².